The minimum Gasteiger partial charge on any atom is -0.481 e. The average Bonchev–Trinajstić information content (AvgIpc) is 2.63. The van der Waals surface area contributed by atoms with E-state index in [1.807, 2.05) is 0 Å². The molecule has 0 aliphatic carbocycles. The highest BCUT2D eigenvalue weighted by atomic mass is 16.4. The molecule has 14 heteroatoms. The molecule has 3 amide bonds. The van der Waals surface area contributed by atoms with E-state index in [-0.39, 0.29) is 18.9 Å². The maximum atomic E-state index is 12.3. The number of carboxylic acids is 2. The van der Waals surface area contributed by atoms with E-state index in [0.29, 0.717) is 6.42 Å². The van der Waals surface area contributed by atoms with Gasteiger partial charge in [0.25, 0.3) is 0 Å². The predicted octanol–water partition coefficient (Wildman–Crippen LogP) is -3.58. The number of carbonyl (C=O) groups is 5. The normalized spacial score (nSPS) is 14.4. The van der Waals surface area contributed by atoms with Crippen LogP contribution in [0.5, 0.6) is 0 Å². The van der Waals surface area contributed by atoms with Gasteiger partial charge in [0, 0.05) is 6.54 Å². The highest BCUT2D eigenvalue weighted by Crippen LogP contribution is 1.99. The van der Waals surface area contributed by atoms with E-state index in [1.54, 1.807) is 0 Å². The van der Waals surface area contributed by atoms with E-state index < -0.39 is 60.2 Å². The number of nitrogens with one attached hydrogen (secondary N) is 3. The van der Waals surface area contributed by atoms with Gasteiger partial charge in [-0.3, -0.25) is 29.0 Å². The zero-order valence-corrected chi connectivity index (χ0v) is 16.8. The number of nitrogens with two attached hydrogens (primary N) is 3. The zero-order valence-electron chi connectivity index (χ0n) is 16.8. The Bertz CT molecular complexity index is 679. The molecule has 0 fully saturated rings. The second-order valence-electron chi connectivity index (χ2n) is 6.51. The monoisotopic (exact) mass is 431 g/mol. The van der Waals surface area contributed by atoms with Gasteiger partial charge < -0.3 is 43.4 Å². The summed E-state index contributed by atoms with van der Waals surface area (Å²) in [5, 5.41) is 24.3. The highest BCUT2D eigenvalue weighted by Gasteiger charge is 2.29. The summed E-state index contributed by atoms with van der Waals surface area (Å²) in [5.74, 6) is -5.29. The molecule has 4 atom stereocenters. The first-order valence-electron chi connectivity index (χ1n) is 9.01. The summed E-state index contributed by atoms with van der Waals surface area (Å²) in [5.41, 5.74) is 16.1. The number of carboxylic acid groups (broad SMARTS) is 2. The van der Waals surface area contributed by atoms with Gasteiger partial charge in [-0.25, -0.2) is 0 Å². The Morgan fingerprint density at radius 1 is 0.900 bits per heavy atom. The molecule has 0 aromatic heterocycles. The smallest absolute Gasteiger partial charge is 0.325 e. The molecule has 0 saturated carbocycles. The van der Waals surface area contributed by atoms with Gasteiger partial charge >= 0.3 is 11.9 Å². The van der Waals surface area contributed by atoms with Crippen molar-refractivity contribution < 1.29 is 34.2 Å². The largest absolute Gasteiger partial charge is 0.481 e. The van der Waals surface area contributed by atoms with Gasteiger partial charge in [-0.1, -0.05) is 0 Å². The van der Waals surface area contributed by atoms with Crippen molar-refractivity contribution in [3.63, 3.8) is 0 Å². The van der Waals surface area contributed by atoms with Crippen LogP contribution in [0.15, 0.2) is 4.99 Å². The maximum Gasteiger partial charge on any atom is 0.325 e. The molecule has 0 spiro atoms. The van der Waals surface area contributed by atoms with E-state index in [9.17, 15) is 24.0 Å². The van der Waals surface area contributed by atoms with Crippen molar-refractivity contribution in [2.45, 2.75) is 57.3 Å². The van der Waals surface area contributed by atoms with E-state index in [4.69, 9.17) is 27.4 Å². The van der Waals surface area contributed by atoms with Gasteiger partial charge in [0.15, 0.2) is 5.96 Å². The molecule has 0 rings (SSSR count). The second kappa shape index (κ2) is 12.9. The van der Waals surface area contributed by atoms with Crippen LogP contribution in [0.4, 0.5) is 0 Å². The zero-order chi connectivity index (χ0) is 23.4. The molecule has 170 valence electrons. The number of hydrogen-bond acceptors (Lipinski definition) is 7. The van der Waals surface area contributed by atoms with E-state index >= 15 is 0 Å². The van der Waals surface area contributed by atoms with Crippen LogP contribution in [-0.4, -0.2) is 76.5 Å². The fraction of sp³-hybridized carbons (Fsp3) is 0.625. The van der Waals surface area contributed by atoms with E-state index in [1.165, 1.54) is 13.8 Å². The van der Waals surface area contributed by atoms with Crippen LogP contribution < -0.4 is 33.2 Å². The third-order valence-corrected chi connectivity index (χ3v) is 3.80. The Labute approximate surface area is 172 Å². The lowest BCUT2D eigenvalue weighted by Gasteiger charge is -2.22. The molecule has 0 aromatic rings. The fourth-order valence-corrected chi connectivity index (χ4v) is 2.09. The number of carbonyl (C=O) groups excluding carboxylic acids is 3. The summed E-state index contributed by atoms with van der Waals surface area (Å²) in [7, 11) is 0. The Kier molecular flexibility index (Phi) is 11.5. The first-order chi connectivity index (χ1) is 13.8. The molecule has 14 nitrogen and oxygen atoms in total. The molecule has 0 bridgehead atoms. The number of guanidine groups is 1. The van der Waals surface area contributed by atoms with Crippen molar-refractivity contribution in [3.05, 3.63) is 0 Å². The summed E-state index contributed by atoms with van der Waals surface area (Å²) >= 11 is 0. The van der Waals surface area contributed by atoms with Gasteiger partial charge in [0.05, 0.1) is 12.5 Å². The molecule has 0 heterocycles. The topological polar surface area (TPSA) is 252 Å². The van der Waals surface area contributed by atoms with Gasteiger partial charge in [0.2, 0.25) is 17.7 Å². The fourth-order valence-electron chi connectivity index (χ4n) is 2.09. The molecule has 4 unspecified atom stereocenters. The molecular formula is C16H29N7O7. The van der Waals surface area contributed by atoms with Crippen molar-refractivity contribution in [3.8, 4) is 0 Å². The Morgan fingerprint density at radius 3 is 1.97 bits per heavy atom. The number of hydrogen-bond donors (Lipinski definition) is 8. The van der Waals surface area contributed by atoms with Crippen LogP contribution in [0.25, 0.3) is 0 Å². The summed E-state index contributed by atoms with van der Waals surface area (Å²) in [6, 6.07) is -4.91. The second-order valence-corrected chi connectivity index (χ2v) is 6.51. The standard InChI is InChI=1S/C16H29N7O7/c1-7(21-13(27)9(17)4-3-5-20-16(18)19)12(26)23-10(6-11(24)25)14(28)22-8(2)15(29)30/h7-10H,3-6,17H2,1-2H3,(H,21,27)(H,22,28)(H,23,26)(H,24,25)(H,29,30)(H4,18,19,20). The number of aliphatic imine (C=N–C) groups is 1. The van der Waals surface area contributed by atoms with Crippen LogP contribution in [0.1, 0.15) is 33.1 Å². The van der Waals surface area contributed by atoms with Crippen LogP contribution in [0.2, 0.25) is 0 Å². The lowest BCUT2D eigenvalue weighted by atomic mass is 10.1. The Morgan fingerprint density at radius 2 is 1.47 bits per heavy atom. The summed E-state index contributed by atoms with van der Waals surface area (Å²) in [6.45, 7) is 2.77. The Hall–Kier alpha value is -3.42. The van der Waals surface area contributed by atoms with Gasteiger partial charge in [-0.05, 0) is 26.7 Å². The first-order valence-corrected chi connectivity index (χ1v) is 9.01. The van der Waals surface area contributed by atoms with Gasteiger partial charge in [-0.15, -0.1) is 0 Å². The molecule has 0 saturated heterocycles. The first kappa shape index (κ1) is 26.6. The molecular weight excluding hydrogens is 402 g/mol. The van der Waals surface area contributed by atoms with Gasteiger partial charge in [-0.2, -0.15) is 0 Å². The minimum absolute atomic E-state index is 0.0870. The van der Waals surface area contributed by atoms with Gasteiger partial charge in [0.1, 0.15) is 18.1 Å². The quantitative estimate of drug-likeness (QED) is 0.0808. The van der Waals surface area contributed by atoms with Crippen molar-refractivity contribution in [2.75, 3.05) is 6.54 Å². The summed E-state index contributed by atoms with van der Waals surface area (Å²) in [4.78, 5) is 61.9. The predicted molar refractivity (Wildman–Crippen MR) is 105 cm³/mol. The van der Waals surface area contributed by atoms with E-state index in [2.05, 4.69) is 20.9 Å². The van der Waals surface area contributed by atoms with Crippen molar-refractivity contribution >= 4 is 35.6 Å². The number of amides is 3. The van der Waals surface area contributed by atoms with Crippen LogP contribution in [0.3, 0.4) is 0 Å². The third kappa shape index (κ3) is 10.8. The SMILES string of the molecule is CC(NC(=O)C(CC(=O)O)NC(=O)C(C)NC(=O)C(N)CCCN=C(N)N)C(=O)O. The minimum atomic E-state index is -1.54. The third-order valence-electron chi connectivity index (χ3n) is 3.80. The highest BCUT2D eigenvalue weighted by molar-refractivity contribution is 5.95. The summed E-state index contributed by atoms with van der Waals surface area (Å²) < 4.78 is 0. The maximum absolute atomic E-state index is 12.3. The van der Waals surface area contributed by atoms with Crippen LogP contribution in [0, 0.1) is 0 Å². The number of aliphatic carboxylic acids is 2. The average molecular weight is 431 g/mol. The van der Waals surface area contributed by atoms with Crippen LogP contribution >= 0.6 is 0 Å². The van der Waals surface area contributed by atoms with Crippen molar-refractivity contribution in [2.24, 2.45) is 22.2 Å². The molecule has 0 aliphatic rings. The Balaban J connectivity index is 4.80. The molecule has 11 N–H and O–H groups in total. The van der Waals surface area contributed by atoms with Crippen LogP contribution in [-0.2, 0) is 24.0 Å². The van der Waals surface area contributed by atoms with E-state index in [0.717, 1.165) is 0 Å². The number of rotatable bonds is 13. The molecule has 0 aliphatic heterocycles. The van der Waals surface area contributed by atoms with Crippen molar-refractivity contribution in [1.29, 1.82) is 0 Å². The lowest BCUT2D eigenvalue weighted by molar-refractivity contribution is -0.143. The lowest BCUT2D eigenvalue weighted by Crippen LogP contribution is -2.56. The molecule has 0 aromatic carbocycles. The number of nitrogens with zero attached hydrogens (tertiary/aromatic N) is 1. The van der Waals surface area contributed by atoms with Crippen molar-refractivity contribution in [1.82, 2.24) is 16.0 Å². The molecule has 30 heavy (non-hydrogen) atoms. The summed E-state index contributed by atoms with van der Waals surface area (Å²) in [6.07, 6.45) is -0.112. The molecule has 0 radical (unpaired) electrons.